The summed E-state index contributed by atoms with van der Waals surface area (Å²) in [5.74, 6) is 0.627. The molecular weight excluding hydrogens is 378 g/mol. The molecule has 8 heteroatoms. The van der Waals surface area contributed by atoms with Gasteiger partial charge in [0.25, 0.3) is 0 Å². The van der Waals surface area contributed by atoms with Gasteiger partial charge >= 0.3 is 0 Å². The molecule has 1 atom stereocenters. The van der Waals surface area contributed by atoms with E-state index in [9.17, 15) is 4.79 Å². The van der Waals surface area contributed by atoms with Crippen LogP contribution in [0.15, 0.2) is 60.9 Å². The minimum atomic E-state index is -0.777. The number of fused-ring (bicyclic) bond motifs is 1. The van der Waals surface area contributed by atoms with Crippen LogP contribution in [0.3, 0.4) is 0 Å². The first-order valence-electron chi connectivity index (χ1n) is 10.3. The quantitative estimate of drug-likeness (QED) is 0.535. The summed E-state index contributed by atoms with van der Waals surface area (Å²) in [5, 5.41) is 14.9. The molecule has 0 radical (unpaired) electrons. The predicted octanol–water partition coefficient (Wildman–Crippen LogP) is 3.11. The zero-order chi connectivity index (χ0) is 20.4. The van der Waals surface area contributed by atoms with Gasteiger partial charge in [-0.1, -0.05) is 61.7 Å². The molecule has 0 saturated heterocycles. The summed E-state index contributed by atoms with van der Waals surface area (Å²) in [6.45, 7) is 0. The van der Waals surface area contributed by atoms with Crippen LogP contribution in [0.1, 0.15) is 49.5 Å². The SMILES string of the molecule is O=C(NC(c1ccccc1)c1nc2ccccc2[nH]1)C1(n2cnnn2)CCCCC1. The molecule has 30 heavy (non-hydrogen) atoms. The average Bonchev–Trinajstić information content (AvgIpc) is 3.48. The fourth-order valence-electron chi connectivity index (χ4n) is 4.38. The number of nitrogens with zero attached hydrogens (tertiary/aromatic N) is 5. The summed E-state index contributed by atoms with van der Waals surface area (Å²) in [6, 6.07) is 17.4. The molecule has 1 fully saturated rings. The summed E-state index contributed by atoms with van der Waals surface area (Å²) in [6.07, 6.45) is 6.02. The molecular formula is C22H23N7O. The molecule has 1 aliphatic rings. The lowest BCUT2D eigenvalue weighted by molar-refractivity contribution is -0.133. The van der Waals surface area contributed by atoms with Gasteiger partial charge in [0.05, 0.1) is 11.0 Å². The van der Waals surface area contributed by atoms with E-state index < -0.39 is 11.6 Å². The summed E-state index contributed by atoms with van der Waals surface area (Å²) < 4.78 is 1.63. The maximum Gasteiger partial charge on any atom is 0.248 e. The van der Waals surface area contributed by atoms with Crippen molar-refractivity contribution in [3.05, 3.63) is 72.3 Å². The fraction of sp³-hybridized carbons (Fsp3) is 0.318. The molecule has 1 aliphatic carbocycles. The summed E-state index contributed by atoms with van der Waals surface area (Å²) in [4.78, 5) is 21.9. The van der Waals surface area contributed by atoms with E-state index in [4.69, 9.17) is 4.98 Å². The molecule has 4 aromatic rings. The Morgan fingerprint density at radius 2 is 1.80 bits per heavy atom. The molecule has 8 nitrogen and oxygen atoms in total. The number of rotatable bonds is 5. The van der Waals surface area contributed by atoms with Gasteiger partial charge in [-0.05, 0) is 41.0 Å². The van der Waals surface area contributed by atoms with Crippen LogP contribution in [0.5, 0.6) is 0 Å². The Balaban J connectivity index is 1.54. The Morgan fingerprint density at radius 3 is 2.53 bits per heavy atom. The highest BCUT2D eigenvalue weighted by Crippen LogP contribution is 2.35. The largest absolute Gasteiger partial charge is 0.340 e. The van der Waals surface area contributed by atoms with Crippen molar-refractivity contribution >= 4 is 16.9 Å². The smallest absolute Gasteiger partial charge is 0.248 e. The zero-order valence-corrected chi connectivity index (χ0v) is 16.5. The monoisotopic (exact) mass is 401 g/mol. The number of nitrogens with one attached hydrogen (secondary N) is 2. The second-order valence-electron chi connectivity index (χ2n) is 7.80. The van der Waals surface area contributed by atoms with Gasteiger partial charge in [0, 0.05) is 0 Å². The maximum atomic E-state index is 13.7. The summed E-state index contributed by atoms with van der Waals surface area (Å²) in [5.41, 5.74) is 2.00. The third kappa shape index (κ3) is 3.24. The number of aromatic nitrogens is 6. The predicted molar refractivity (Wildman–Crippen MR) is 111 cm³/mol. The van der Waals surface area contributed by atoms with Crippen LogP contribution in [0.4, 0.5) is 0 Å². The minimum absolute atomic E-state index is 0.0798. The lowest BCUT2D eigenvalue weighted by Crippen LogP contribution is -2.51. The number of hydrogen-bond donors (Lipinski definition) is 2. The molecule has 1 unspecified atom stereocenters. The molecule has 0 bridgehead atoms. The highest BCUT2D eigenvalue weighted by Gasteiger charge is 2.43. The van der Waals surface area contributed by atoms with Crippen molar-refractivity contribution in [2.75, 3.05) is 0 Å². The van der Waals surface area contributed by atoms with Crippen LogP contribution in [-0.2, 0) is 10.3 Å². The molecule has 1 saturated carbocycles. The maximum absolute atomic E-state index is 13.7. The number of benzene rings is 2. The van der Waals surface area contributed by atoms with Crippen molar-refractivity contribution in [1.29, 1.82) is 0 Å². The molecule has 5 rings (SSSR count). The van der Waals surface area contributed by atoms with Crippen molar-refractivity contribution < 1.29 is 4.79 Å². The van der Waals surface area contributed by atoms with Gasteiger partial charge in [0.1, 0.15) is 23.7 Å². The van der Waals surface area contributed by atoms with E-state index >= 15 is 0 Å². The number of H-pyrrole nitrogens is 1. The lowest BCUT2D eigenvalue weighted by Gasteiger charge is -2.36. The molecule has 1 amide bonds. The van der Waals surface area contributed by atoms with Crippen LogP contribution < -0.4 is 5.32 Å². The first kappa shape index (κ1) is 18.5. The van der Waals surface area contributed by atoms with Gasteiger partial charge < -0.3 is 10.3 Å². The number of amides is 1. The second-order valence-corrected chi connectivity index (χ2v) is 7.80. The Bertz CT molecular complexity index is 1100. The topological polar surface area (TPSA) is 101 Å². The number of carbonyl (C=O) groups is 1. The molecule has 152 valence electrons. The van der Waals surface area contributed by atoms with Gasteiger partial charge in [-0.2, -0.15) is 0 Å². The van der Waals surface area contributed by atoms with Gasteiger partial charge in [-0.3, -0.25) is 4.79 Å². The number of aromatic amines is 1. The molecule has 0 aliphatic heterocycles. The van der Waals surface area contributed by atoms with E-state index in [0.29, 0.717) is 18.7 Å². The van der Waals surface area contributed by atoms with E-state index in [2.05, 4.69) is 25.8 Å². The molecule has 2 aromatic heterocycles. The number of hydrogen-bond acceptors (Lipinski definition) is 5. The standard InChI is InChI=1S/C22H23N7O/c30-21(22(13-7-2-8-14-22)29-15-23-27-28-29)26-19(16-9-3-1-4-10-16)20-24-17-11-5-6-12-18(17)25-20/h1,3-6,9-12,15,19H,2,7-8,13-14H2,(H,24,25)(H,26,30). The minimum Gasteiger partial charge on any atom is -0.340 e. The van der Waals surface area contributed by atoms with E-state index in [1.165, 1.54) is 0 Å². The van der Waals surface area contributed by atoms with Gasteiger partial charge in [0.15, 0.2) is 0 Å². The Hall–Kier alpha value is -3.55. The van der Waals surface area contributed by atoms with Crippen molar-refractivity contribution in [3.63, 3.8) is 0 Å². The lowest BCUT2D eigenvalue weighted by atomic mass is 9.80. The second kappa shape index (κ2) is 7.70. The number of para-hydroxylation sites is 2. The number of carbonyl (C=O) groups excluding carboxylic acids is 1. The highest BCUT2D eigenvalue weighted by molar-refractivity contribution is 5.85. The van der Waals surface area contributed by atoms with Crippen molar-refractivity contribution in [3.8, 4) is 0 Å². The summed E-state index contributed by atoms with van der Waals surface area (Å²) >= 11 is 0. The van der Waals surface area contributed by atoms with E-state index in [1.54, 1.807) is 11.0 Å². The molecule has 2 N–H and O–H groups in total. The van der Waals surface area contributed by atoms with Crippen molar-refractivity contribution in [2.24, 2.45) is 0 Å². The average molecular weight is 401 g/mol. The third-order valence-electron chi connectivity index (χ3n) is 5.98. The molecule has 2 heterocycles. The fourth-order valence-corrected chi connectivity index (χ4v) is 4.38. The van der Waals surface area contributed by atoms with Crippen LogP contribution in [0, 0.1) is 0 Å². The Morgan fingerprint density at radius 1 is 1.03 bits per heavy atom. The first-order chi connectivity index (χ1) is 14.8. The van der Waals surface area contributed by atoms with E-state index in [0.717, 1.165) is 35.9 Å². The normalized spacial score (nSPS) is 16.9. The number of tetrazole rings is 1. The Kier molecular flexibility index (Phi) is 4.74. The van der Waals surface area contributed by atoms with Gasteiger partial charge in [0.2, 0.25) is 5.91 Å². The summed E-state index contributed by atoms with van der Waals surface area (Å²) in [7, 11) is 0. The van der Waals surface area contributed by atoms with Crippen LogP contribution in [0.2, 0.25) is 0 Å². The van der Waals surface area contributed by atoms with Crippen LogP contribution in [0.25, 0.3) is 11.0 Å². The van der Waals surface area contributed by atoms with Crippen molar-refractivity contribution in [1.82, 2.24) is 35.5 Å². The molecule has 0 spiro atoms. The van der Waals surface area contributed by atoms with E-state index in [-0.39, 0.29) is 5.91 Å². The molecule has 2 aromatic carbocycles. The third-order valence-corrected chi connectivity index (χ3v) is 5.98. The Labute approximate surface area is 173 Å². The first-order valence-corrected chi connectivity index (χ1v) is 10.3. The van der Waals surface area contributed by atoms with Crippen molar-refractivity contribution in [2.45, 2.75) is 43.7 Å². The van der Waals surface area contributed by atoms with Crippen LogP contribution in [-0.4, -0.2) is 36.1 Å². The van der Waals surface area contributed by atoms with Gasteiger partial charge in [-0.15, -0.1) is 5.10 Å². The van der Waals surface area contributed by atoms with E-state index in [1.807, 2.05) is 54.6 Å². The van der Waals surface area contributed by atoms with Gasteiger partial charge in [-0.25, -0.2) is 9.67 Å². The number of imidazole rings is 1. The zero-order valence-electron chi connectivity index (χ0n) is 16.5. The highest BCUT2D eigenvalue weighted by atomic mass is 16.2. The van der Waals surface area contributed by atoms with Crippen LogP contribution >= 0.6 is 0 Å².